The van der Waals surface area contributed by atoms with Crippen molar-refractivity contribution in [2.45, 2.75) is 6.54 Å². The van der Waals surface area contributed by atoms with Gasteiger partial charge in [-0.3, -0.25) is 4.79 Å². The van der Waals surface area contributed by atoms with Crippen LogP contribution in [0, 0.1) is 0 Å². The van der Waals surface area contributed by atoms with Crippen LogP contribution in [-0.2, 0) is 6.54 Å². The van der Waals surface area contributed by atoms with Crippen LogP contribution in [0.15, 0.2) is 72.8 Å². The van der Waals surface area contributed by atoms with E-state index in [9.17, 15) is 15.0 Å². The summed E-state index contributed by atoms with van der Waals surface area (Å²) < 4.78 is 2.07. The highest BCUT2D eigenvalue weighted by molar-refractivity contribution is 6.05. The summed E-state index contributed by atoms with van der Waals surface area (Å²) in [5.41, 5.74) is 4.10. The van der Waals surface area contributed by atoms with Crippen LogP contribution < -0.4 is 0 Å². The maximum Gasteiger partial charge on any atom is 0.152 e. The highest BCUT2D eigenvalue weighted by atomic mass is 16.3. The molecule has 26 heavy (non-hydrogen) atoms. The molecule has 1 aromatic heterocycles. The predicted octanol–water partition coefficient (Wildman–Crippen LogP) is 4.58. The smallest absolute Gasteiger partial charge is 0.152 e. The van der Waals surface area contributed by atoms with E-state index >= 15 is 0 Å². The Kier molecular flexibility index (Phi) is 3.93. The van der Waals surface area contributed by atoms with Crippen LogP contribution >= 0.6 is 0 Å². The lowest BCUT2D eigenvalue weighted by Crippen LogP contribution is -2.02. The molecule has 0 aliphatic rings. The number of rotatable bonds is 4. The normalized spacial score (nSPS) is 10.9. The molecule has 0 radical (unpaired) electrons. The van der Waals surface area contributed by atoms with Crippen LogP contribution in [0.2, 0.25) is 0 Å². The minimum atomic E-state index is 0.120. The topological polar surface area (TPSA) is 62.5 Å². The highest BCUT2D eigenvalue weighted by Crippen LogP contribution is 2.35. The van der Waals surface area contributed by atoms with Crippen molar-refractivity contribution in [3.8, 4) is 22.8 Å². The number of carbonyl (C=O) groups excluding carboxylic acids is 1. The number of phenolic OH excluding ortho intramolecular Hbond substituents is 2. The standard InChI is InChI=1S/C22H17NO3/c24-14-20-19-12-18(26)10-11-21(19)23(13-15-4-2-1-3-5-15)22(20)16-6-8-17(25)9-7-16/h1-12,14,25-26H,13H2. The van der Waals surface area contributed by atoms with E-state index in [1.54, 1.807) is 36.4 Å². The molecule has 0 amide bonds. The molecule has 0 fully saturated rings. The van der Waals surface area contributed by atoms with Crippen LogP contribution in [-0.4, -0.2) is 21.1 Å². The minimum Gasteiger partial charge on any atom is -0.508 e. The number of fused-ring (bicyclic) bond motifs is 1. The molecule has 3 aromatic carbocycles. The quantitative estimate of drug-likeness (QED) is 0.533. The lowest BCUT2D eigenvalue weighted by atomic mass is 10.1. The van der Waals surface area contributed by atoms with Gasteiger partial charge < -0.3 is 14.8 Å². The average molecular weight is 343 g/mol. The summed E-state index contributed by atoms with van der Waals surface area (Å²) in [4.78, 5) is 11.9. The number of phenols is 2. The zero-order valence-corrected chi connectivity index (χ0v) is 14.0. The van der Waals surface area contributed by atoms with Crippen LogP contribution in [0.4, 0.5) is 0 Å². The largest absolute Gasteiger partial charge is 0.508 e. The van der Waals surface area contributed by atoms with Gasteiger partial charge in [0.05, 0.1) is 5.69 Å². The van der Waals surface area contributed by atoms with Crippen molar-refractivity contribution < 1.29 is 15.0 Å². The summed E-state index contributed by atoms with van der Waals surface area (Å²) in [5, 5.41) is 20.2. The van der Waals surface area contributed by atoms with Gasteiger partial charge in [0, 0.05) is 23.0 Å². The first-order valence-corrected chi connectivity index (χ1v) is 8.31. The molecule has 0 unspecified atom stereocenters. The van der Waals surface area contributed by atoms with Crippen molar-refractivity contribution in [3.05, 3.63) is 83.9 Å². The fraction of sp³-hybridized carbons (Fsp3) is 0.0455. The predicted molar refractivity (Wildman–Crippen MR) is 102 cm³/mol. The van der Waals surface area contributed by atoms with Gasteiger partial charge >= 0.3 is 0 Å². The first-order valence-electron chi connectivity index (χ1n) is 8.31. The van der Waals surface area contributed by atoms with Gasteiger partial charge in [-0.15, -0.1) is 0 Å². The van der Waals surface area contributed by atoms with Crippen molar-refractivity contribution in [1.82, 2.24) is 4.57 Å². The molecule has 0 aliphatic heterocycles. The fourth-order valence-electron chi connectivity index (χ4n) is 3.35. The van der Waals surface area contributed by atoms with Crippen LogP contribution in [0.1, 0.15) is 15.9 Å². The molecule has 4 aromatic rings. The number of nitrogens with zero attached hydrogens (tertiary/aromatic N) is 1. The van der Waals surface area contributed by atoms with E-state index < -0.39 is 0 Å². The Hall–Kier alpha value is -3.53. The van der Waals surface area contributed by atoms with E-state index in [0.717, 1.165) is 28.6 Å². The molecule has 0 bridgehead atoms. The van der Waals surface area contributed by atoms with E-state index in [1.807, 2.05) is 36.4 Å². The zero-order valence-electron chi connectivity index (χ0n) is 14.0. The van der Waals surface area contributed by atoms with Crippen LogP contribution in [0.3, 0.4) is 0 Å². The van der Waals surface area contributed by atoms with Crippen LogP contribution in [0.25, 0.3) is 22.2 Å². The molecular formula is C22H17NO3. The third-order valence-electron chi connectivity index (χ3n) is 4.53. The molecule has 2 N–H and O–H groups in total. The molecule has 128 valence electrons. The van der Waals surface area contributed by atoms with E-state index in [0.29, 0.717) is 17.5 Å². The molecule has 4 nitrogen and oxygen atoms in total. The molecule has 0 aliphatic carbocycles. The summed E-state index contributed by atoms with van der Waals surface area (Å²) in [7, 11) is 0. The number of aromatic hydroxyl groups is 2. The van der Waals surface area contributed by atoms with Crippen molar-refractivity contribution in [3.63, 3.8) is 0 Å². The van der Waals surface area contributed by atoms with E-state index in [1.165, 1.54) is 0 Å². The van der Waals surface area contributed by atoms with Crippen molar-refractivity contribution in [1.29, 1.82) is 0 Å². The third-order valence-corrected chi connectivity index (χ3v) is 4.53. The fourth-order valence-corrected chi connectivity index (χ4v) is 3.35. The summed E-state index contributed by atoms with van der Waals surface area (Å²) in [5.74, 6) is 0.291. The summed E-state index contributed by atoms with van der Waals surface area (Å²) in [6.45, 7) is 0.589. The minimum absolute atomic E-state index is 0.120. The number of hydrogen-bond acceptors (Lipinski definition) is 3. The average Bonchev–Trinajstić information content (AvgIpc) is 2.96. The van der Waals surface area contributed by atoms with Crippen LogP contribution in [0.5, 0.6) is 11.5 Å². The van der Waals surface area contributed by atoms with E-state index in [2.05, 4.69) is 4.57 Å². The number of benzene rings is 3. The molecule has 0 saturated carbocycles. The Bertz CT molecular complexity index is 1080. The van der Waals surface area contributed by atoms with E-state index in [-0.39, 0.29) is 11.5 Å². The number of carbonyl (C=O) groups is 1. The van der Waals surface area contributed by atoms with Gasteiger partial charge in [0.15, 0.2) is 6.29 Å². The molecule has 4 rings (SSSR count). The van der Waals surface area contributed by atoms with E-state index in [4.69, 9.17) is 0 Å². The molecule has 1 heterocycles. The van der Waals surface area contributed by atoms with Gasteiger partial charge in [-0.25, -0.2) is 0 Å². The zero-order chi connectivity index (χ0) is 18.1. The lowest BCUT2D eigenvalue weighted by Gasteiger charge is -2.12. The third kappa shape index (κ3) is 2.71. The van der Waals surface area contributed by atoms with Gasteiger partial charge in [0.2, 0.25) is 0 Å². The van der Waals surface area contributed by atoms with Gasteiger partial charge in [-0.05, 0) is 53.6 Å². The Balaban J connectivity index is 2.02. The maximum absolute atomic E-state index is 11.9. The number of aromatic nitrogens is 1. The summed E-state index contributed by atoms with van der Waals surface area (Å²) >= 11 is 0. The summed E-state index contributed by atoms with van der Waals surface area (Å²) in [6, 6.07) is 21.8. The lowest BCUT2D eigenvalue weighted by molar-refractivity contribution is 0.112. The highest BCUT2D eigenvalue weighted by Gasteiger charge is 2.19. The Morgan fingerprint density at radius 3 is 2.23 bits per heavy atom. The molecular weight excluding hydrogens is 326 g/mol. The molecule has 4 heteroatoms. The maximum atomic E-state index is 11.9. The SMILES string of the molecule is O=Cc1c(-c2ccc(O)cc2)n(Cc2ccccc2)c2ccc(O)cc12. The monoisotopic (exact) mass is 343 g/mol. The molecule has 0 saturated heterocycles. The summed E-state index contributed by atoms with van der Waals surface area (Å²) in [6.07, 6.45) is 0.825. The Morgan fingerprint density at radius 2 is 1.54 bits per heavy atom. The number of aldehydes is 1. The van der Waals surface area contributed by atoms with Crippen molar-refractivity contribution in [2.24, 2.45) is 0 Å². The first-order chi connectivity index (χ1) is 12.7. The second-order valence-electron chi connectivity index (χ2n) is 6.20. The first kappa shape index (κ1) is 16.0. The van der Waals surface area contributed by atoms with Gasteiger partial charge in [0.25, 0.3) is 0 Å². The molecule has 0 atom stereocenters. The van der Waals surface area contributed by atoms with Gasteiger partial charge in [-0.1, -0.05) is 30.3 Å². The van der Waals surface area contributed by atoms with Gasteiger partial charge in [-0.2, -0.15) is 0 Å². The van der Waals surface area contributed by atoms with Gasteiger partial charge in [0.1, 0.15) is 11.5 Å². The molecule has 0 spiro atoms. The number of hydrogen-bond donors (Lipinski definition) is 2. The Morgan fingerprint density at radius 1 is 0.846 bits per heavy atom. The Labute approximate surface area is 150 Å². The second-order valence-corrected chi connectivity index (χ2v) is 6.20. The van der Waals surface area contributed by atoms with Crippen molar-refractivity contribution in [2.75, 3.05) is 0 Å². The van der Waals surface area contributed by atoms with Crippen molar-refractivity contribution >= 4 is 17.2 Å². The second kappa shape index (κ2) is 6.41.